The maximum atomic E-state index is 8.86. The normalized spacial score (nSPS) is 9.74. The first-order valence-electron chi connectivity index (χ1n) is 5.79. The van der Waals surface area contributed by atoms with Gasteiger partial charge < -0.3 is 10.1 Å². The van der Waals surface area contributed by atoms with Crippen molar-refractivity contribution in [1.82, 2.24) is 0 Å². The molecule has 0 aliphatic heterocycles. The van der Waals surface area contributed by atoms with Crippen molar-refractivity contribution in [3.8, 4) is 11.8 Å². The van der Waals surface area contributed by atoms with Gasteiger partial charge in [-0.1, -0.05) is 23.7 Å². The van der Waals surface area contributed by atoms with Crippen LogP contribution in [0.5, 0.6) is 5.75 Å². The number of nitrogens with zero attached hydrogens (tertiary/aromatic N) is 1. The average molecular weight is 273 g/mol. The first-order chi connectivity index (χ1) is 9.22. The number of anilines is 1. The Morgan fingerprint density at radius 1 is 1.26 bits per heavy atom. The number of ether oxygens (including phenoxy) is 1. The van der Waals surface area contributed by atoms with E-state index in [-0.39, 0.29) is 0 Å². The van der Waals surface area contributed by atoms with Gasteiger partial charge in [0, 0.05) is 11.6 Å². The smallest absolute Gasteiger partial charge is 0.142 e. The highest BCUT2D eigenvalue weighted by Gasteiger charge is 2.03. The highest BCUT2D eigenvalue weighted by atomic mass is 35.5. The number of halogens is 1. The predicted octanol–water partition coefficient (Wildman–Crippen LogP) is 3.83. The molecule has 2 aromatic rings. The lowest BCUT2D eigenvalue weighted by atomic mass is 10.1. The molecule has 4 heteroatoms. The molecule has 0 atom stereocenters. The molecule has 96 valence electrons. The van der Waals surface area contributed by atoms with Gasteiger partial charge in [0.25, 0.3) is 0 Å². The van der Waals surface area contributed by atoms with Crippen molar-refractivity contribution in [3.05, 3.63) is 58.6 Å². The largest absolute Gasteiger partial charge is 0.495 e. The fourth-order valence-electron chi connectivity index (χ4n) is 1.77. The molecule has 2 rings (SSSR count). The molecule has 2 aromatic carbocycles. The van der Waals surface area contributed by atoms with Crippen LogP contribution in [-0.4, -0.2) is 7.11 Å². The molecular weight excluding hydrogens is 260 g/mol. The third-order valence-corrected chi connectivity index (χ3v) is 2.94. The number of hydrogen-bond acceptors (Lipinski definition) is 3. The summed E-state index contributed by atoms with van der Waals surface area (Å²) in [6.07, 6.45) is 0. The molecule has 19 heavy (non-hydrogen) atoms. The Morgan fingerprint density at radius 3 is 2.84 bits per heavy atom. The number of nitriles is 1. The quantitative estimate of drug-likeness (QED) is 0.920. The Hall–Kier alpha value is -2.18. The molecule has 0 heterocycles. The molecule has 0 saturated carbocycles. The van der Waals surface area contributed by atoms with E-state index in [0.29, 0.717) is 17.1 Å². The van der Waals surface area contributed by atoms with Crippen molar-refractivity contribution in [2.24, 2.45) is 0 Å². The van der Waals surface area contributed by atoms with Gasteiger partial charge in [-0.2, -0.15) is 5.26 Å². The van der Waals surface area contributed by atoms with Gasteiger partial charge in [-0.3, -0.25) is 0 Å². The van der Waals surface area contributed by atoms with Crippen molar-refractivity contribution in [1.29, 1.82) is 5.26 Å². The summed E-state index contributed by atoms with van der Waals surface area (Å²) in [6, 6.07) is 15.0. The minimum absolute atomic E-state index is 0.603. The van der Waals surface area contributed by atoms with E-state index < -0.39 is 0 Å². The van der Waals surface area contributed by atoms with E-state index in [0.717, 1.165) is 17.0 Å². The highest BCUT2D eigenvalue weighted by Crippen LogP contribution is 2.28. The molecule has 0 bridgehead atoms. The van der Waals surface area contributed by atoms with Crippen molar-refractivity contribution in [3.63, 3.8) is 0 Å². The molecule has 0 aliphatic carbocycles. The van der Waals surface area contributed by atoms with Crippen LogP contribution in [0.25, 0.3) is 0 Å². The van der Waals surface area contributed by atoms with Gasteiger partial charge in [-0.05, 0) is 35.9 Å². The second kappa shape index (κ2) is 6.12. The molecule has 3 nitrogen and oxygen atoms in total. The van der Waals surface area contributed by atoms with Gasteiger partial charge in [0.15, 0.2) is 0 Å². The topological polar surface area (TPSA) is 45.0 Å². The first-order valence-corrected chi connectivity index (χ1v) is 6.17. The van der Waals surface area contributed by atoms with E-state index >= 15 is 0 Å². The summed E-state index contributed by atoms with van der Waals surface area (Å²) in [5, 5.41) is 12.8. The molecule has 0 spiro atoms. The second-order valence-corrected chi connectivity index (χ2v) is 4.45. The Bertz CT molecular complexity index is 620. The molecule has 0 aliphatic rings. The summed E-state index contributed by atoms with van der Waals surface area (Å²) in [5.74, 6) is 0.737. The summed E-state index contributed by atoms with van der Waals surface area (Å²) < 4.78 is 5.26. The Labute approximate surface area is 117 Å². The van der Waals surface area contributed by atoms with E-state index in [1.807, 2.05) is 30.3 Å². The van der Waals surface area contributed by atoms with Crippen LogP contribution in [0.2, 0.25) is 5.02 Å². The van der Waals surface area contributed by atoms with Gasteiger partial charge in [0.2, 0.25) is 0 Å². The molecule has 0 amide bonds. The maximum Gasteiger partial charge on any atom is 0.142 e. The van der Waals surface area contributed by atoms with Crippen LogP contribution in [0.4, 0.5) is 5.69 Å². The third-order valence-electron chi connectivity index (χ3n) is 2.70. The molecule has 0 saturated heterocycles. The summed E-state index contributed by atoms with van der Waals surface area (Å²) in [6.45, 7) is 0.603. The molecule has 0 unspecified atom stereocenters. The van der Waals surface area contributed by atoms with Crippen LogP contribution in [0.15, 0.2) is 42.5 Å². The van der Waals surface area contributed by atoms with Crippen molar-refractivity contribution < 1.29 is 4.74 Å². The van der Waals surface area contributed by atoms with Gasteiger partial charge in [0.05, 0.1) is 24.4 Å². The molecular formula is C15H13ClN2O. The minimum Gasteiger partial charge on any atom is -0.495 e. The third kappa shape index (κ3) is 3.40. The molecule has 1 N–H and O–H groups in total. The lowest BCUT2D eigenvalue weighted by Crippen LogP contribution is -2.01. The molecule has 0 aromatic heterocycles. The summed E-state index contributed by atoms with van der Waals surface area (Å²) in [7, 11) is 1.62. The fraction of sp³-hybridized carbons (Fsp3) is 0.133. The van der Waals surface area contributed by atoms with E-state index in [2.05, 4.69) is 11.4 Å². The lowest BCUT2D eigenvalue weighted by molar-refractivity contribution is 0.416. The van der Waals surface area contributed by atoms with E-state index in [1.165, 1.54) is 0 Å². The van der Waals surface area contributed by atoms with Crippen LogP contribution < -0.4 is 10.1 Å². The number of nitrogens with one attached hydrogen (secondary N) is 1. The molecule has 0 radical (unpaired) electrons. The lowest BCUT2D eigenvalue weighted by Gasteiger charge is -2.11. The number of rotatable bonds is 4. The van der Waals surface area contributed by atoms with Crippen LogP contribution in [0.3, 0.4) is 0 Å². The zero-order valence-corrected chi connectivity index (χ0v) is 11.2. The zero-order valence-electron chi connectivity index (χ0n) is 10.5. The Balaban J connectivity index is 2.14. The van der Waals surface area contributed by atoms with Gasteiger partial charge in [-0.25, -0.2) is 0 Å². The Kier molecular flexibility index (Phi) is 4.27. The van der Waals surface area contributed by atoms with Crippen LogP contribution >= 0.6 is 11.6 Å². The first kappa shape index (κ1) is 13.3. The molecule has 0 fully saturated rings. The summed E-state index contributed by atoms with van der Waals surface area (Å²) >= 11 is 5.96. The van der Waals surface area contributed by atoms with E-state index in [4.69, 9.17) is 21.6 Å². The number of hydrogen-bond donors (Lipinski definition) is 1. The summed E-state index contributed by atoms with van der Waals surface area (Å²) in [4.78, 5) is 0. The standard InChI is InChI=1S/C15H13ClN2O/c1-19-15-6-5-13(16)8-14(15)18-10-12-4-2-3-11(7-12)9-17/h2-8,18H,10H2,1H3. The van der Waals surface area contributed by atoms with Crippen LogP contribution in [0, 0.1) is 11.3 Å². The number of benzene rings is 2. The minimum atomic E-state index is 0.603. The van der Waals surface area contributed by atoms with Gasteiger partial charge in [0.1, 0.15) is 5.75 Å². The second-order valence-electron chi connectivity index (χ2n) is 4.01. The van der Waals surface area contributed by atoms with E-state index in [9.17, 15) is 0 Å². The van der Waals surface area contributed by atoms with Crippen molar-refractivity contribution in [2.75, 3.05) is 12.4 Å². The summed E-state index contributed by atoms with van der Waals surface area (Å²) in [5.41, 5.74) is 2.51. The average Bonchev–Trinajstić information content (AvgIpc) is 2.45. The maximum absolute atomic E-state index is 8.86. The zero-order chi connectivity index (χ0) is 13.7. The monoisotopic (exact) mass is 272 g/mol. The SMILES string of the molecule is COc1ccc(Cl)cc1NCc1cccc(C#N)c1. The van der Waals surface area contributed by atoms with Gasteiger partial charge in [-0.15, -0.1) is 0 Å². The predicted molar refractivity (Wildman–Crippen MR) is 76.5 cm³/mol. The number of methoxy groups -OCH3 is 1. The fourth-order valence-corrected chi connectivity index (χ4v) is 1.94. The van der Waals surface area contributed by atoms with E-state index in [1.54, 1.807) is 19.2 Å². The highest BCUT2D eigenvalue weighted by molar-refractivity contribution is 6.30. The van der Waals surface area contributed by atoms with Crippen molar-refractivity contribution >= 4 is 17.3 Å². The van der Waals surface area contributed by atoms with Crippen molar-refractivity contribution in [2.45, 2.75) is 6.54 Å². The van der Waals surface area contributed by atoms with Crippen LogP contribution in [0.1, 0.15) is 11.1 Å². The van der Waals surface area contributed by atoms with Crippen LogP contribution in [-0.2, 0) is 6.54 Å². The van der Waals surface area contributed by atoms with Gasteiger partial charge >= 0.3 is 0 Å². The Morgan fingerprint density at radius 2 is 2.11 bits per heavy atom.